The molecule has 1 aliphatic rings. The first-order valence-corrected chi connectivity index (χ1v) is 6.14. The van der Waals surface area contributed by atoms with E-state index in [9.17, 15) is 14.4 Å². The molecule has 1 saturated heterocycles. The number of hydrogen-bond donors (Lipinski definition) is 2. The smallest absolute Gasteiger partial charge is 0.236 e. The lowest BCUT2D eigenvalue weighted by atomic mass is 9.75. The van der Waals surface area contributed by atoms with Crippen LogP contribution in [0, 0.1) is 0 Å². The van der Waals surface area contributed by atoms with Crippen LogP contribution in [-0.2, 0) is 19.8 Å². The van der Waals surface area contributed by atoms with Gasteiger partial charge in [-0.25, -0.2) is 0 Å². The number of carbonyl (C=O) groups excluding carboxylic acids is 3. The number of amides is 3. The molecule has 0 radical (unpaired) electrons. The minimum absolute atomic E-state index is 0.139. The number of benzene rings is 1. The van der Waals surface area contributed by atoms with Gasteiger partial charge in [-0.05, 0) is 31.0 Å². The van der Waals surface area contributed by atoms with Crippen LogP contribution in [-0.4, -0.2) is 17.7 Å². The average Bonchev–Trinajstić information content (AvgIpc) is 2.34. The highest BCUT2D eigenvalue weighted by atomic mass is 16.2. The highest BCUT2D eigenvalue weighted by molar-refractivity contribution is 6.03. The van der Waals surface area contributed by atoms with Gasteiger partial charge in [0.15, 0.2) is 0 Å². The molecule has 3 amide bonds. The fourth-order valence-corrected chi connectivity index (χ4v) is 2.20. The maximum Gasteiger partial charge on any atom is 0.236 e. The minimum Gasteiger partial charge on any atom is -0.326 e. The molecule has 0 unspecified atom stereocenters. The van der Waals surface area contributed by atoms with E-state index in [2.05, 4.69) is 10.6 Å². The van der Waals surface area contributed by atoms with Gasteiger partial charge in [0.25, 0.3) is 0 Å². The number of carbonyl (C=O) groups is 3. The van der Waals surface area contributed by atoms with Crippen molar-refractivity contribution in [2.45, 2.75) is 32.1 Å². The standard InChI is InChI=1S/C14H16N2O3/c1-9(17)15-11-5-3-10(4-6-11)14(2)8-7-12(18)16-13(14)19/h3-6H,7-8H2,1-2H3,(H,15,17)(H,16,18,19)/t14-/m0/s1. The van der Waals surface area contributed by atoms with E-state index in [1.165, 1.54) is 6.92 Å². The van der Waals surface area contributed by atoms with Crippen LogP contribution in [0.15, 0.2) is 24.3 Å². The SMILES string of the molecule is CC(=O)Nc1ccc([C@]2(C)CCC(=O)NC2=O)cc1. The van der Waals surface area contributed by atoms with Gasteiger partial charge in [0.2, 0.25) is 17.7 Å². The summed E-state index contributed by atoms with van der Waals surface area (Å²) in [6.45, 7) is 3.26. The van der Waals surface area contributed by atoms with E-state index in [1.807, 2.05) is 6.92 Å². The average molecular weight is 260 g/mol. The predicted molar refractivity (Wildman–Crippen MR) is 70.5 cm³/mol. The molecular weight excluding hydrogens is 244 g/mol. The maximum atomic E-state index is 12.0. The molecule has 1 aliphatic heterocycles. The number of imide groups is 1. The lowest BCUT2D eigenvalue weighted by molar-refractivity contribution is -0.137. The zero-order valence-electron chi connectivity index (χ0n) is 10.9. The number of piperidine rings is 1. The summed E-state index contributed by atoms with van der Waals surface area (Å²) in [5.74, 6) is -0.631. The van der Waals surface area contributed by atoms with Crippen molar-refractivity contribution in [1.82, 2.24) is 5.32 Å². The van der Waals surface area contributed by atoms with Gasteiger partial charge in [-0.1, -0.05) is 12.1 Å². The van der Waals surface area contributed by atoms with Crippen molar-refractivity contribution in [3.63, 3.8) is 0 Å². The van der Waals surface area contributed by atoms with E-state index in [0.717, 1.165) is 5.56 Å². The molecule has 100 valence electrons. The molecule has 19 heavy (non-hydrogen) atoms. The van der Waals surface area contributed by atoms with Crippen LogP contribution in [0.3, 0.4) is 0 Å². The summed E-state index contributed by atoms with van der Waals surface area (Å²) in [5, 5.41) is 5.04. The van der Waals surface area contributed by atoms with Crippen LogP contribution < -0.4 is 10.6 Å². The van der Waals surface area contributed by atoms with Crippen molar-refractivity contribution in [1.29, 1.82) is 0 Å². The number of nitrogens with one attached hydrogen (secondary N) is 2. The lowest BCUT2D eigenvalue weighted by Crippen LogP contribution is -2.49. The number of anilines is 1. The number of rotatable bonds is 2. The van der Waals surface area contributed by atoms with E-state index in [-0.39, 0.29) is 17.7 Å². The first kappa shape index (κ1) is 13.3. The van der Waals surface area contributed by atoms with Crippen molar-refractivity contribution in [2.24, 2.45) is 0 Å². The normalized spacial score (nSPS) is 22.8. The third kappa shape index (κ3) is 2.65. The largest absolute Gasteiger partial charge is 0.326 e. The zero-order chi connectivity index (χ0) is 14.0. The Morgan fingerprint density at radius 2 is 1.89 bits per heavy atom. The molecule has 2 rings (SSSR count). The second kappa shape index (κ2) is 4.84. The monoisotopic (exact) mass is 260 g/mol. The van der Waals surface area contributed by atoms with Crippen molar-refractivity contribution in [3.05, 3.63) is 29.8 Å². The second-order valence-electron chi connectivity index (χ2n) is 4.97. The molecule has 1 aromatic rings. The summed E-state index contributed by atoms with van der Waals surface area (Å²) in [4.78, 5) is 34.1. The van der Waals surface area contributed by atoms with Gasteiger partial charge in [-0.2, -0.15) is 0 Å². The van der Waals surface area contributed by atoms with Crippen molar-refractivity contribution in [3.8, 4) is 0 Å². The molecule has 0 aliphatic carbocycles. The second-order valence-corrected chi connectivity index (χ2v) is 4.97. The van der Waals surface area contributed by atoms with Crippen LogP contribution >= 0.6 is 0 Å². The molecule has 0 spiro atoms. The Balaban J connectivity index is 2.23. The Hall–Kier alpha value is -2.17. The van der Waals surface area contributed by atoms with Gasteiger partial charge in [0, 0.05) is 19.0 Å². The summed E-state index contributed by atoms with van der Waals surface area (Å²) in [6.07, 6.45) is 0.840. The third-order valence-corrected chi connectivity index (χ3v) is 3.45. The van der Waals surface area contributed by atoms with E-state index < -0.39 is 5.41 Å². The topological polar surface area (TPSA) is 75.3 Å². The van der Waals surface area contributed by atoms with E-state index >= 15 is 0 Å². The van der Waals surface area contributed by atoms with Crippen molar-refractivity contribution >= 4 is 23.4 Å². The summed E-state index contributed by atoms with van der Waals surface area (Å²) in [5.41, 5.74) is 0.835. The molecule has 5 nitrogen and oxygen atoms in total. The van der Waals surface area contributed by atoms with Crippen molar-refractivity contribution in [2.75, 3.05) is 5.32 Å². The fraction of sp³-hybridized carbons (Fsp3) is 0.357. The molecule has 5 heteroatoms. The molecule has 1 fully saturated rings. The van der Waals surface area contributed by atoms with E-state index in [0.29, 0.717) is 18.5 Å². The molecule has 0 bridgehead atoms. The van der Waals surface area contributed by atoms with Crippen molar-refractivity contribution < 1.29 is 14.4 Å². The molecule has 2 N–H and O–H groups in total. The van der Waals surface area contributed by atoms with Gasteiger partial charge >= 0.3 is 0 Å². The van der Waals surface area contributed by atoms with Crippen LogP contribution in [0.1, 0.15) is 32.3 Å². The maximum absolute atomic E-state index is 12.0. The Bertz CT molecular complexity index is 536. The molecule has 1 aromatic carbocycles. The predicted octanol–water partition coefficient (Wildman–Crippen LogP) is 1.34. The first-order valence-electron chi connectivity index (χ1n) is 6.14. The lowest BCUT2D eigenvalue weighted by Gasteiger charge is -2.32. The quantitative estimate of drug-likeness (QED) is 0.788. The van der Waals surface area contributed by atoms with E-state index in [1.54, 1.807) is 24.3 Å². The summed E-state index contributed by atoms with van der Waals surface area (Å²) >= 11 is 0. The molecule has 0 aromatic heterocycles. The zero-order valence-corrected chi connectivity index (χ0v) is 10.9. The Labute approximate surface area is 111 Å². The van der Waals surface area contributed by atoms with Crippen LogP contribution in [0.5, 0.6) is 0 Å². The summed E-state index contributed by atoms with van der Waals surface area (Å²) < 4.78 is 0. The Morgan fingerprint density at radius 1 is 1.26 bits per heavy atom. The first-order chi connectivity index (χ1) is 8.91. The van der Waals surface area contributed by atoms with Gasteiger partial charge in [0.05, 0.1) is 5.41 Å². The Morgan fingerprint density at radius 3 is 2.42 bits per heavy atom. The molecular formula is C14H16N2O3. The van der Waals surface area contributed by atoms with Gasteiger partial charge in [0.1, 0.15) is 0 Å². The summed E-state index contributed by atoms with van der Waals surface area (Å²) in [7, 11) is 0. The van der Waals surface area contributed by atoms with Gasteiger partial charge in [-0.3, -0.25) is 19.7 Å². The Kier molecular flexibility index (Phi) is 3.38. The van der Waals surface area contributed by atoms with Crippen LogP contribution in [0.2, 0.25) is 0 Å². The van der Waals surface area contributed by atoms with Crippen LogP contribution in [0.25, 0.3) is 0 Å². The fourth-order valence-electron chi connectivity index (χ4n) is 2.20. The minimum atomic E-state index is -0.692. The van der Waals surface area contributed by atoms with Gasteiger partial charge in [-0.15, -0.1) is 0 Å². The molecule has 1 atom stereocenters. The molecule has 1 heterocycles. The van der Waals surface area contributed by atoms with Crippen LogP contribution in [0.4, 0.5) is 5.69 Å². The summed E-state index contributed by atoms with van der Waals surface area (Å²) in [6, 6.07) is 7.12. The highest BCUT2D eigenvalue weighted by Gasteiger charge is 2.39. The molecule has 0 saturated carbocycles. The third-order valence-electron chi connectivity index (χ3n) is 3.45. The highest BCUT2D eigenvalue weighted by Crippen LogP contribution is 2.32. The number of hydrogen-bond acceptors (Lipinski definition) is 3. The van der Waals surface area contributed by atoms with E-state index in [4.69, 9.17) is 0 Å². The van der Waals surface area contributed by atoms with Gasteiger partial charge < -0.3 is 5.32 Å².